The topological polar surface area (TPSA) is 12.0 Å². The minimum atomic E-state index is 0.757. The summed E-state index contributed by atoms with van der Waals surface area (Å²) < 4.78 is 1.23. The summed E-state index contributed by atoms with van der Waals surface area (Å²) in [6.45, 7) is 5.85. The SMILES string of the molecule is CC(C)C(CNC1CC1)Cc1cc(Br)cs1. The average Bonchev–Trinajstić information content (AvgIpc) is 2.96. The van der Waals surface area contributed by atoms with E-state index in [-0.39, 0.29) is 0 Å². The highest BCUT2D eigenvalue weighted by Gasteiger charge is 2.23. The molecule has 0 saturated heterocycles. The van der Waals surface area contributed by atoms with E-state index in [1.807, 2.05) is 11.3 Å². The molecule has 1 aromatic heterocycles. The Morgan fingerprint density at radius 2 is 2.25 bits per heavy atom. The van der Waals surface area contributed by atoms with E-state index in [0.717, 1.165) is 17.9 Å². The van der Waals surface area contributed by atoms with Gasteiger partial charge < -0.3 is 5.32 Å². The Bertz CT molecular complexity index is 330. The van der Waals surface area contributed by atoms with Crippen molar-refractivity contribution in [1.29, 1.82) is 0 Å². The molecule has 0 aromatic carbocycles. The lowest BCUT2D eigenvalue weighted by atomic mass is 9.92. The van der Waals surface area contributed by atoms with Crippen molar-refractivity contribution in [1.82, 2.24) is 5.32 Å². The summed E-state index contributed by atoms with van der Waals surface area (Å²) in [6.07, 6.45) is 3.98. The van der Waals surface area contributed by atoms with Crippen LogP contribution in [-0.4, -0.2) is 12.6 Å². The van der Waals surface area contributed by atoms with E-state index in [1.54, 1.807) is 0 Å². The van der Waals surface area contributed by atoms with Crippen LogP contribution in [0, 0.1) is 11.8 Å². The van der Waals surface area contributed by atoms with Crippen molar-refractivity contribution >= 4 is 27.3 Å². The molecule has 1 nitrogen and oxygen atoms in total. The van der Waals surface area contributed by atoms with Gasteiger partial charge in [-0.15, -0.1) is 11.3 Å². The van der Waals surface area contributed by atoms with Crippen molar-refractivity contribution in [3.63, 3.8) is 0 Å². The molecule has 1 aromatic rings. The lowest BCUT2D eigenvalue weighted by molar-refractivity contribution is 0.361. The Hall–Kier alpha value is 0.140. The van der Waals surface area contributed by atoms with Gasteiger partial charge in [-0.3, -0.25) is 0 Å². The zero-order chi connectivity index (χ0) is 11.5. The van der Waals surface area contributed by atoms with Crippen LogP contribution in [0.3, 0.4) is 0 Å². The summed E-state index contributed by atoms with van der Waals surface area (Å²) in [6, 6.07) is 3.09. The molecule has 1 aliphatic rings. The summed E-state index contributed by atoms with van der Waals surface area (Å²) >= 11 is 5.40. The van der Waals surface area contributed by atoms with Crippen molar-refractivity contribution in [3.05, 3.63) is 20.8 Å². The first-order valence-corrected chi connectivity index (χ1v) is 7.78. The molecule has 1 fully saturated rings. The molecule has 3 heteroatoms. The molecule has 2 rings (SSSR count). The molecule has 0 radical (unpaired) electrons. The van der Waals surface area contributed by atoms with Crippen molar-refractivity contribution in [3.8, 4) is 0 Å². The smallest absolute Gasteiger partial charge is 0.0285 e. The third kappa shape index (κ3) is 3.86. The van der Waals surface area contributed by atoms with Crippen LogP contribution in [-0.2, 0) is 6.42 Å². The monoisotopic (exact) mass is 301 g/mol. The maximum atomic E-state index is 3.66. The van der Waals surface area contributed by atoms with Gasteiger partial charge in [0.25, 0.3) is 0 Å². The second-order valence-corrected chi connectivity index (χ2v) is 7.03. The van der Waals surface area contributed by atoms with Gasteiger partial charge in [0.2, 0.25) is 0 Å². The Morgan fingerprint density at radius 1 is 1.50 bits per heavy atom. The second-order valence-electron chi connectivity index (χ2n) is 5.12. The third-order valence-corrected chi connectivity index (χ3v) is 4.99. The minimum Gasteiger partial charge on any atom is -0.314 e. The number of nitrogens with one attached hydrogen (secondary N) is 1. The third-order valence-electron chi connectivity index (χ3n) is 3.27. The quantitative estimate of drug-likeness (QED) is 0.835. The Morgan fingerprint density at radius 3 is 2.75 bits per heavy atom. The summed E-state index contributed by atoms with van der Waals surface area (Å²) in [5, 5.41) is 5.84. The van der Waals surface area contributed by atoms with Crippen LogP contribution >= 0.6 is 27.3 Å². The highest BCUT2D eigenvalue weighted by atomic mass is 79.9. The first kappa shape index (κ1) is 12.6. The molecule has 1 heterocycles. The zero-order valence-corrected chi connectivity index (χ0v) is 12.4. The summed E-state index contributed by atoms with van der Waals surface area (Å²) in [5.41, 5.74) is 0. The number of hydrogen-bond donors (Lipinski definition) is 1. The van der Waals surface area contributed by atoms with Gasteiger partial charge in [-0.25, -0.2) is 0 Å². The summed E-state index contributed by atoms with van der Waals surface area (Å²) in [7, 11) is 0. The largest absolute Gasteiger partial charge is 0.314 e. The van der Waals surface area contributed by atoms with Gasteiger partial charge in [0.15, 0.2) is 0 Å². The van der Waals surface area contributed by atoms with Crippen molar-refractivity contribution < 1.29 is 0 Å². The predicted molar refractivity (Wildman–Crippen MR) is 75.1 cm³/mol. The average molecular weight is 302 g/mol. The molecule has 0 aliphatic heterocycles. The van der Waals surface area contributed by atoms with E-state index in [2.05, 4.69) is 46.5 Å². The fourth-order valence-electron chi connectivity index (χ4n) is 1.87. The Balaban J connectivity index is 1.85. The maximum Gasteiger partial charge on any atom is 0.0285 e. The van der Waals surface area contributed by atoms with E-state index >= 15 is 0 Å². The van der Waals surface area contributed by atoms with Crippen LogP contribution in [0.2, 0.25) is 0 Å². The van der Waals surface area contributed by atoms with Gasteiger partial charge in [0, 0.05) is 20.8 Å². The van der Waals surface area contributed by atoms with Crippen LogP contribution in [0.5, 0.6) is 0 Å². The molecule has 1 atom stereocenters. The molecule has 0 bridgehead atoms. The maximum absolute atomic E-state index is 3.66. The van der Waals surface area contributed by atoms with Crippen LogP contribution in [0.25, 0.3) is 0 Å². The van der Waals surface area contributed by atoms with Gasteiger partial charge in [-0.1, -0.05) is 13.8 Å². The number of rotatable bonds is 6. The van der Waals surface area contributed by atoms with Crippen LogP contribution in [0.15, 0.2) is 15.9 Å². The predicted octanol–water partition coefficient (Wildman–Crippen LogP) is 4.08. The number of halogens is 1. The van der Waals surface area contributed by atoms with E-state index in [1.165, 1.54) is 35.2 Å². The Kier molecular flexibility index (Phi) is 4.45. The lowest BCUT2D eigenvalue weighted by Gasteiger charge is -2.20. The standard InChI is InChI=1S/C13H20BrNS/c1-9(2)10(7-15-12-3-4-12)5-13-6-11(14)8-16-13/h6,8-10,12,15H,3-5,7H2,1-2H3. The zero-order valence-electron chi connectivity index (χ0n) is 10.0. The van der Waals surface area contributed by atoms with Gasteiger partial charge in [0.05, 0.1) is 0 Å². The van der Waals surface area contributed by atoms with Gasteiger partial charge in [-0.05, 0) is 59.6 Å². The number of hydrogen-bond acceptors (Lipinski definition) is 2. The molecule has 1 unspecified atom stereocenters. The summed E-state index contributed by atoms with van der Waals surface area (Å²) in [5.74, 6) is 1.53. The molecule has 1 aliphatic carbocycles. The molecule has 16 heavy (non-hydrogen) atoms. The van der Waals surface area contributed by atoms with E-state index in [9.17, 15) is 0 Å². The van der Waals surface area contributed by atoms with E-state index < -0.39 is 0 Å². The molecule has 0 spiro atoms. The van der Waals surface area contributed by atoms with Crippen molar-refractivity contribution in [2.75, 3.05) is 6.54 Å². The normalized spacial score (nSPS) is 18.0. The van der Waals surface area contributed by atoms with Crippen LogP contribution in [0.1, 0.15) is 31.6 Å². The first-order valence-electron chi connectivity index (χ1n) is 6.11. The van der Waals surface area contributed by atoms with Crippen LogP contribution in [0.4, 0.5) is 0 Å². The van der Waals surface area contributed by atoms with E-state index in [4.69, 9.17) is 0 Å². The second kappa shape index (κ2) is 5.65. The fraction of sp³-hybridized carbons (Fsp3) is 0.692. The fourth-order valence-corrected chi connectivity index (χ4v) is 3.41. The number of thiophene rings is 1. The molecular weight excluding hydrogens is 282 g/mol. The van der Waals surface area contributed by atoms with E-state index in [0.29, 0.717) is 0 Å². The van der Waals surface area contributed by atoms with Crippen LogP contribution < -0.4 is 5.32 Å². The minimum absolute atomic E-state index is 0.757. The summed E-state index contributed by atoms with van der Waals surface area (Å²) in [4.78, 5) is 1.50. The highest BCUT2D eigenvalue weighted by molar-refractivity contribution is 9.10. The molecule has 90 valence electrons. The molecule has 1 N–H and O–H groups in total. The molecular formula is C13H20BrNS. The first-order chi connectivity index (χ1) is 7.65. The molecule has 0 amide bonds. The van der Waals surface area contributed by atoms with Crippen molar-refractivity contribution in [2.45, 2.75) is 39.2 Å². The van der Waals surface area contributed by atoms with Gasteiger partial charge in [-0.2, -0.15) is 0 Å². The molecule has 1 saturated carbocycles. The van der Waals surface area contributed by atoms with Gasteiger partial charge >= 0.3 is 0 Å². The van der Waals surface area contributed by atoms with Crippen molar-refractivity contribution in [2.24, 2.45) is 11.8 Å². The Labute approximate surface area is 111 Å². The van der Waals surface area contributed by atoms with Gasteiger partial charge in [0.1, 0.15) is 0 Å². The highest BCUT2D eigenvalue weighted by Crippen LogP contribution is 2.26. The lowest BCUT2D eigenvalue weighted by Crippen LogP contribution is -2.29.